The molecule has 2 rings (SSSR count). The van der Waals surface area contributed by atoms with Crippen LogP contribution in [0.5, 0.6) is 0 Å². The van der Waals surface area contributed by atoms with Crippen LogP contribution in [0.3, 0.4) is 0 Å². The summed E-state index contributed by atoms with van der Waals surface area (Å²) in [6.07, 6.45) is -0.680. The summed E-state index contributed by atoms with van der Waals surface area (Å²) in [5, 5.41) is 12.1. The number of nitrogens with zero attached hydrogens (tertiary/aromatic N) is 2. The SMILES string of the molecule is CN1CCN(NCC(O)c2cccc(F)c2)CC1. The van der Waals surface area contributed by atoms with Crippen molar-refractivity contribution in [3.05, 3.63) is 35.6 Å². The van der Waals surface area contributed by atoms with E-state index in [4.69, 9.17) is 0 Å². The van der Waals surface area contributed by atoms with Crippen molar-refractivity contribution in [1.29, 1.82) is 0 Å². The van der Waals surface area contributed by atoms with E-state index in [2.05, 4.69) is 22.4 Å². The van der Waals surface area contributed by atoms with Crippen LogP contribution in [0.25, 0.3) is 0 Å². The third-order valence-corrected chi connectivity index (χ3v) is 3.24. The molecule has 1 unspecified atom stereocenters. The van der Waals surface area contributed by atoms with Crippen molar-refractivity contribution in [3.8, 4) is 0 Å². The number of piperazine rings is 1. The average molecular weight is 253 g/mol. The summed E-state index contributed by atoms with van der Waals surface area (Å²) >= 11 is 0. The minimum absolute atomic E-state index is 0.314. The molecule has 1 aromatic rings. The van der Waals surface area contributed by atoms with Crippen molar-refractivity contribution in [2.24, 2.45) is 0 Å². The van der Waals surface area contributed by atoms with Gasteiger partial charge in [0.25, 0.3) is 0 Å². The van der Waals surface area contributed by atoms with Gasteiger partial charge in [0.15, 0.2) is 0 Å². The summed E-state index contributed by atoms with van der Waals surface area (Å²) in [6.45, 7) is 4.32. The highest BCUT2D eigenvalue weighted by Gasteiger charge is 2.15. The molecule has 0 radical (unpaired) electrons. The third kappa shape index (κ3) is 3.74. The van der Waals surface area contributed by atoms with Crippen LogP contribution < -0.4 is 5.43 Å². The molecule has 1 atom stereocenters. The quantitative estimate of drug-likeness (QED) is 0.825. The molecule has 1 aromatic carbocycles. The van der Waals surface area contributed by atoms with E-state index in [0.717, 1.165) is 26.2 Å². The van der Waals surface area contributed by atoms with Crippen LogP contribution in [0.15, 0.2) is 24.3 Å². The van der Waals surface area contributed by atoms with Gasteiger partial charge in [0.05, 0.1) is 6.10 Å². The second-order valence-electron chi connectivity index (χ2n) is 4.72. The van der Waals surface area contributed by atoms with Crippen molar-refractivity contribution in [2.45, 2.75) is 6.10 Å². The predicted molar refractivity (Wildman–Crippen MR) is 68.4 cm³/mol. The highest BCUT2D eigenvalue weighted by atomic mass is 19.1. The second-order valence-corrected chi connectivity index (χ2v) is 4.72. The first-order chi connectivity index (χ1) is 8.65. The van der Waals surface area contributed by atoms with Crippen molar-refractivity contribution in [2.75, 3.05) is 39.8 Å². The summed E-state index contributed by atoms with van der Waals surface area (Å²) in [7, 11) is 2.10. The largest absolute Gasteiger partial charge is 0.387 e. The van der Waals surface area contributed by atoms with Gasteiger partial charge in [-0.25, -0.2) is 9.40 Å². The zero-order chi connectivity index (χ0) is 13.0. The molecule has 1 aliphatic heterocycles. The Kier molecular flexibility index (Phi) is 4.66. The van der Waals surface area contributed by atoms with Gasteiger partial charge in [-0.2, -0.15) is 0 Å². The lowest BCUT2D eigenvalue weighted by Gasteiger charge is -2.33. The van der Waals surface area contributed by atoms with Gasteiger partial charge in [0.2, 0.25) is 0 Å². The number of halogens is 1. The molecule has 100 valence electrons. The topological polar surface area (TPSA) is 38.7 Å². The minimum Gasteiger partial charge on any atom is -0.387 e. The lowest BCUT2D eigenvalue weighted by atomic mass is 10.1. The van der Waals surface area contributed by atoms with Gasteiger partial charge in [-0.15, -0.1) is 0 Å². The van der Waals surface area contributed by atoms with E-state index in [-0.39, 0.29) is 5.82 Å². The summed E-state index contributed by atoms with van der Waals surface area (Å²) in [5.41, 5.74) is 3.80. The number of rotatable bonds is 4. The van der Waals surface area contributed by atoms with E-state index < -0.39 is 6.10 Å². The van der Waals surface area contributed by atoms with E-state index in [9.17, 15) is 9.50 Å². The first-order valence-corrected chi connectivity index (χ1v) is 6.25. The third-order valence-electron chi connectivity index (χ3n) is 3.24. The van der Waals surface area contributed by atoms with E-state index in [1.165, 1.54) is 12.1 Å². The van der Waals surface area contributed by atoms with E-state index >= 15 is 0 Å². The number of hydrogen-bond donors (Lipinski definition) is 2. The Morgan fingerprint density at radius 3 is 2.72 bits per heavy atom. The number of benzene rings is 1. The first kappa shape index (κ1) is 13.4. The first-order valence-electron chi connectivity index (χ1n) is 6.25. The van der Waals surface area contributed by atoms with Crippen molar-refractivity contribution < 1.29 is 9.50 Å². The molecule has 1 heterocycles. The van der Waals surface area contributed by atoms with Crippen LogP contribution in [-0.2, 0) is 0 Å². The molecule has 1 saturated heterocycles. The molecule has 1 aliphatic rings. The number of hydrazine groups is 1. The maximum absolute atomic E-state index is 13.0. The molecule has 18 heavy (non-hydrogen) atoms. The predicted octanol–water partition coefficient (Wildman–Crippen LogP) is 0.611. The van der Waals surface area contributed by atoms with Gasteiger partial charge in [-0.05, 0) is 24.7 Å². The van der Waals surface area contributed by atoms with Crippen LogP contribution in [0.1, 0.15) is 11.7 Å². The maximum Gasteiger partial charge on any atom is 0.123 e. The van der Waals surface area contributed by atoms with Crippen molar-refractivity contribution in [1.82, 2.24) is 15.3 Å². The highest BCUT2D eigenvalue weighted by Crippen LogP contribution is 2.13. The fraction of sp³-hybridized carbons (Fsp3) is 0.538. The molecule has 0 aromatic heterocycles. The maximum atomic E-state index is 13.0. The van der Waals surface area contributed by atoms with Crippen LogP contribution in [0.4, 0.5) is 4.39 Å². The standard InChI is InChI=1S/C13H20FN3O/c1-16-5-7-17(8-6-16)15-10-13(18)11-3-2-4-12(14)9-11/h2-4,9,13,15,18H,5-8,10H2,1H3. The van der Waals surface area contributed by atoms with Crippen LogP contribution >= 0.6 is 0 Å². The Morgan fingerprint density at radius 1 is 1.33 bits per heavy atom. The van der Waals surface area contributed by atoms with Crippen molar-refractivity contribution >= 4 is 0 Å². The summed E-state index contributed by atoms with van der Waals surface area (Å²) < 4.78 is 13.0. The smallest absolute Gasteiger partial charge is 0.123 e. The van der Waals surface area contributed by atoms with Crippen LogP contribution in [-0.4, -0.2) is 54.8 Å². The Hall–Kier alpha value is -1.01. The number of aliphatic hydroxyl groups is 1. The van der Waals surface area contributed by atoms with Gasteiger partial charge in [0, 0.05) is 32.7 Å². The van der Waals surface area contributed by atoms with E-state index in [0.29, 0.717) is 12.1 Å². The Morgan fingerprint density at radius 2 is 2.06 bits per heavy atom. The van der Waals surface area contributed by atoms with E-state index in [1.807, 2.05) is 0 Å². The molecule has 4 nitrogen and oxygen atoms in total. The molecule has 2 N–H and O–H groups in total. The van der Waals surface area contributed by atoms with Crippen LogP contribution in [0, 0.1) is 5.82 Å². The van der Waals surface area contributed by atoms with Gasteiger partial charge in [0.1, 0.15) is 5.82 Å². The normalized spacial score (nSPS) is 19.9. The highest BCUT2D eigenvalue weighted by molar-refractivity contribution is 5.18. The minimum atomic E-state index is -0.680. The molecule has 0 aliphatic carbocycles. The Labute approximate surface area is 107 Å². The molecule has 1 fully saturated rings. The number of aliphatic hydroxyl groups excluding tert-OH is 1. The van der Waals surface area contributed by atoms with E-state index in [1.54, 1.807) is 12.1 Å². The molecule has 0 amide bonds. The lowest BCUT2D eigenvalue weighted by Crippen LogP contribution is -2.51. The average Bonchev–Trinajstić information content (AvgIpc) is 2.38. The van der Waals surface area contributed by atoms with Gasteiger partial charge >= 0.3 is 0 Å². The Bertz CT molecular complexity index is 380. The molecule has 0 bridgehead atoms. The summed E-state index contributed by atoms with van der Waals surface area (Å²) in [4.78, 5) is 2.27. The Balaban J connectivity index is 1.79. The zero-order valence-corrected chi connectivity index (χ0v) is 10.6. The fourth-order valence-corrected chi connectivity index (χ4v) is 2.01. The zero-order valence-electron chi connectivity index (χ0n) is 10.6. The van der Waals surface area contributed by atoms with Gasteiger partial charge in [-0.3, -0.25) is 5.43 Å². The summed E-state index contributed by atoms with van der Waals surface area (Å²) in [6, 6.07) is 6.10. The number of nitrogens with one attached hydrogen (secondary N) is 1. The second kappa shape index (κ2) is 6.24. The lowest BCUT2D eigenvalue weighted by molar-refractivity contribution is 0.0743. The number of likely N-dealkylation sites (N-methyl/N-ethyl adjacent to an activating group) is 1. The van der Waals surface area contributed by atoms with Gasteiger partial charge in [-0.1, -0.05) is 12.1 Å². The molecule has 5 heteroatoms. The number of hydrogen-bond acceptors (Lipinski definition) is 4. The molecular weight excluding hydrogens is 233 g/mol. The van der Waals surface area contributed by atoms with Crippen molar-refractivity contribution in [3.63, 3.8) is 0 Å². The van der Waals surface area contributed by atoms with Crippen LogP contribution in [0.2, 0.25) is 0 Å². The van der Waals surface area contributed by atoms with Gasteiger partial charge < -0.3 is 10.0 Å². The summed E-state index contributed by atoms with van der Waals surface area (Å²) in [5.74, 6) is -0.314. The fourth-order valence-electron chi connectivity index (χ4n) is 2.01. The molecule has 0 spiro atoms. The monoisotopic (exact) mass is 253 g/mol. The molecule has 0 saturated carbocycles. The molecular formula is C13H20FN3O.